The van der Waals surface area contributed by atoms with Gasteiger partial charge in [0.1, 0.15) is 9.88 Å². The molecular formula is C17H18F3N3OS. The summed E-state index contributed by atoms with van der Waals surface area (Å²) in [4.78, 5) is 21.5. The van der Waals surface area contributed by atoms with Crippen molar-refractivity contribution in [1.82, 2.24) is 15.3 Å². The molecule has 1 amide bonds. The lowest BCUT2D eigenvalue weighted by atomic mass is 9.85. The molecule has 25 heavy (non-hydrogen) atoms. The van der Waals surface area contributed by atoms with Crippen LogP contribution in [0.1, 0.15) is 41.0 Å². The second-order valence-corrected chi connectivity index (χ2v) is 7.22. The molecule has 4 nitrogen and oxygen atoms in total. The maximum atomic E-state index is 12.9. The van der Waals surface area contributed by atoms with E-state index in [0.717, 1.165) is 0 Å². The van der Waals surface area contributed by atoms with Crippen molar-refractivity contribution in [2.75, 3.05) is 0 Å². The highest BCUT2D eigenvalue weighted by molar-refractivity contribution is 7.17. The number of rotatable bonds is 3. The lowest BCUT2D eigenvalue weighted by Gasteiger charge is -2.30. The lowest BCUT2D eigenvalue weighted by molar-refractivity contribution is -0.183. The third-order valence-corrected chi connectivity index (χ3v) is 5.54. The first-order valence-corrected chi connectivity index (χ1v) is 8.92. The van der Waals surface area contributed by atoms with E-state index < -0.39 is 18.1 Å². The number of amides is 1. The van der Waals surface area contributed by atoms with E-state index >= 15 is 0 Å². The molecule has 1 aliphatic rings. The molecule has 1 saturated carbocycles. The first-order chi connectivity index (χ1) is 11.8. The molecule has 2 heterocycles. The third kappa shape index (κ3) is 4.18. The minimum Gasteiger partial charge on any atom is -0.349 e. The smallest absolute Gasteiger partial charge is 0.349 e. The van der Waals surface area contributed by atoms with Crippen LogP contribution in [0.4, 0.5) is 13.2 Å². The van der Waals surface area contributed by atoms with E-state index in [9.17, 15) is 18.0 Å². The SMILES string of the molecule is Cc1nc(-c2ccccn2)sc1C(=O)NC1CCCC(C(F)(F)F)C1. The number of carbonyl (C=O) groups excluding carboxylic acids is 1. The van der Waals surface area contributed by atoms with Crippen LogP contribution in [0.3, 0.4) is 0 Å². The molecular weight excluding hydrogens is 351 g/mol. The average molecular weight is 369 g/mol. The number of aryl methyl sites for hydroxylation is 1. The Balaban J connectivity index is 1.70. The number of hydrogen-bond acceptors (Lipinski definition) is 4. The number of halogens is 3. The van der Waals surface area contributed by atoms with Crippen LogP contribution < -0.4 is 5.32 Å². The molecule has 2 unspecified atom stereocenters. The van der Waals surface area contributed by atoms with E-state index in [1.807, 2.05) is 6.07 Å². The quantitative estimate of drug-likeness (QED) is 0.874. The molecule has 2 aromatic rings. The van der Waals surface area contributed by atoms with Crippen molar-refractivity contribution in [3.05, 3.63) is 35.0 Å². The Morgan fingerprint density at radius 1 is 1.32 bits per heavy atom. The summed E-state index contributed by atoms with van der Waals surface area (Å²) in [5.74, 6) is -1.69. The van der Waals surface area contributed by atoms with Gasteiger partial charge in [-0.1, -0.05) is 12.5 Å². The maximum absolute atomic E-state index is 12.9. The van der Waals surface area contributed by atoms with Crippen molar-refractivity contribution in [2.45, 2.75) is 44.8 Å². The molecule has 2 aromatic heterocycles. The van der Waals surface area contributed by atoms with Gasteiger partial charge in [-0.2, -0.15) is 13.2 Å². The van der Waals surface area contributed by atoms with Gasteiger partial charge in [0.05, 0.1) is 17.3 Å². The Morgan fingerprint density at radius 3 is 2.80 bits per heavy atom. The third-order valence-electron chi connectivity index (χ3n) is 4.36. The van der Waals surface area contributed by atoms with Crippen molar-refractivity contribution >= 4 is 17.2 Å². The van der Waals surface area contributed by atoms with Crippen LogP contribution in [0.5, 0.6) is 0 Å². The Hall–Kier alpha value is -1.96. The minimum absolute atomic E-state index is 0.0554. The van der Waals surface area contributed by atoms with Crippen LogP contribution in [-0.2, 0) is 0 Å². The normalized spacial score (nSPS) is 21.1. The number of carbonyl (C=O) groups is 1. The Labute approximate surface area is 147 Å². The number of pyridine rings is 1. The van der Waals surface area contributed by atoms with E-state index in [0.29, 0.717) is 34.1 Å². The molecule has 3 rings (SSSR count). The fourth-order valence-corrected chi connectivity index (χ4v) is 4.02. The average Bonchev–Trinajstić information content (AvgIpc) is 2.97. The largest absolute Gasteiger partial charge is 0.391 e. The highest BCUT2D eigenvalue weighted by atomic mass is 32.1. The number of alkyl halides is 3. The standard InChI is InChI=1S/C17H18F3N3OS/c1-10-14(25-16(22-10)13-7-2-3-8-21-13)15(24)23-12-6-4-5-11(9-12)17(18,19)20/h2-3,7-8,11-12H,4-6,9H2,1H3,(H,23,24). The van der Waals surface area contributed by atoms with E-state index in [1.54, 1.807) is 25.3 Å². The van der Waals surface area contributed by atoms with Crippen molar-refractivity contribution < 1.29 is 18.0 Å². The molecule has 8 heteroatoms. The zero-order valence-corrected chi connectivity index (χ0v) is 14.5. The van der Waals surface area contributed by atoms with Gasteiger partial charge in [-0.05, 0) is 38.3 Å². The van der Waals surface area contributed by atoms with Gasteiger partial charge in [-0.15, -0.1) is 11.3 Å². The van der Waals surface area contributed by atoms with Gasteiger partial charge in [0.25, 0.3) is 5.91 Å². The summed E-state index contributed by atoms with van der Waals surface area (Å²) in [5.41, 5.74) is 1.23. The molecule has 2 atom stereocenters. The minimum atomic E-state index is -4.20. The molecule has 134 valence electrons. The van der Waals surface area contributed by atoms with Gasteiger partial charge in [-0.25, -0.2) is 4.98 Å². The Morgan fingerprint density at radius 2 is 2.12 bits per heavy atom. The highest BCUT2D eigenvalue weighted by Gasteiger charge is 2.42. The van der Waals surface area contributed by atoms with Crippen molar-refractivity contribution in [1.29, 1.82) is 0 Å². The van der Waals surface area contributed by atoms with Gasteiger partial charge in [0.15, 0.2) is 0 Å². The summed E-state index contributed by atoms with van der Waals surface area (Å²) < 4.78 is 38.7. The summed E-state index contributed by atoms with van der Waals surface area (Å²) in [6.45, 7) is 1.72. The van der Waals surface area contributed by atoms with Gasteiger partial charge in [0.2, 0.25) is 0 Å². The molecule has 1 fully saturated rings. The van der Waals surface area contributed by atoms with E-state index in [1.165, 1.54) is 11.3 Å². The van der Waals surface area contributed by atoms with Crippen molar-refractivity contribution in [3.63, 3.8) is 0 Å². The summed E-state index contributed by atoms with van der Waals surface area (Å²) >= 11 is 1.21. The van der Waals surface area contributed by atoms with Crippen LogP contribution in [-0.4, -0.2) is 28.1 Å². The predicted molar refractivity (Wildman–Crippen MR) is 89.3 cm³/mol. The monoisotopic (exact) mass is 369 g/mol. The summed E-state index contributed by atoms with van der Waals surface area (Å²) in [6, 6.07) is 4.97. The van der Waals surface area contributed by atoms with Crippen LogP contribution in [0, 0.1) is 12.8 Å². The van der Waals surface area contributed by atoms with Crippen molar-refractivity contribution in [2.24, 2.45) is 5.92 Å². The fraction of sp³-hybridized carbons (Fsp3) is 0.471. The second kappa shape index (κ2) is 7.11. The fourth-order valence-electron chi connectivity index (χ4n) is 3.08. The number of thiazole rings is 1. The van der Waals surface area contributed by atoms with E-state index in [2.05, 4.69) is 15.3 Å². The van der Waals surface area contributed by atoms with Gasteiger partial charge >= 0.3 is 6.18 Å². The summed E-state index contributed by atoms with van der Waals surface area (Å²) in [6.07, 6.45) is -1.43. The van der Waals surface area contributed by atoms with Crippen molar-refractivity contribution in [3.8, 4) is 10.7 Å². The molecule has 1 N–H and O–H groups in total. The lowest BCUT2D eigenvalue weighted by Crippen LogP contribution is -2.41. The highest BCUT2D eigenvalue weighted by Crippen LogP contribution is 2.37. The Kier molecular flexibility index (Phi) is 5.08. The van der Waals surface area contributed by atoms with Gasteiger partial charge in [-0.3, -0.25) is 9.78 Å². The van der Waals surface area contributed by atoms with Crippen LogP contribution >= 0.6 is 11.3 Å². The molecule has 0 spiro atoms. The van der Waals surface area contributed by atoms with Crippen LogP contribution in [0.25, 0.3) is 10.7 Å². The molecule has 0 radical (unpaired) electrons. The van der Waals surface area contributed by atoms with E-state index in [4.69, 9.17) is 0 Å². The van der Waals surface area contributed by atoms with Gasteiger partial charge in [0, 0.05) is 12.2 Å². The zero-order valence-electron chi connectivity index (χ0n) is 13.6. The van der Waals surface area contributed by atoms with Crippen LogP contribution in [0.2, 0.25) is 0 Å². The number of nitrogens with zero attached hydrogens (tertiary/aromatic N) is 2. The molecule has 1 aliphatic carbocycles. The number of aromatic nitrogens is 2. The molecule has 0 aliphatic heterocycles. The molecule has 0 aromatic carbocycles. The first kappa shape index (κ1) is 17.8. The van der Waals surface area contributed by atoms with Crippen LogP contribution in [0.15, 0.2) is 24.4 Å². The summed E-state index contributed by atoms with van der Waals surface area (Å²) in [5, 5.41) is 3.38. The Bertz CT molecular complexity index is 745. The van der Waals surface area contributed by atoms with E-state index in [-0.39, 0.29) is 18.7 Å². The topological polar surface area (TPSA) is 54.9 Å². The van der Waals surface area contributed by atoms with Gasteiger partial charge < -0.3 is 5.32 Å². The number of hydrogen-bond donors (Lipinski definition) is 1. The summed E-state index contributed by atoms with van der Waals surface area (Å²) in [7, 11) is 0. The predicted octanol–water partition coefficient (Wildman–Crippen LogP) is 4.36. The maximum Gasteiger partial charge on any atom is 0.391 e. The second-order valence-electron chi connectivity index (χ2n) is 6.22. The zero-order chi connectivity index (χ0) is 18.0. The first-order valence-electron chi connectivity index (χ1n) is 8.11. The number of nitrogens with one attached hydrogen (secondary N) is 1. The molecule has 0 bridgehead atoms. The molecule has 0 saturated heterocycles.